The second-order valence-corrected chi connectivity index (χ2v) is 6.75. The Morgan fingerprint density at radius 3 is 2.19 bits per heavy atom. The molecule has 0 aliphatic rings. The van der Waals surface area contributed by atoms with E-state index in [4.69, 9.17) is 0 Å². The number of carbonyl (C=O) groups is 1. The van der Waals surface area contributed by atoms with Crippen LogP contribution in [0.1, 0.15) is 40.3 Å². The Labute approximate surface area is 155 Å². The molecule has 3 rings (SSSR count). The van der Waals surface area contributed by atoms with E-state index >= 15 is 0 Å². The molecule has 26 heavy (non-hydrogen) atoms. The van der Waals surface area contributed by atoms with Gasteiger partial charge in [-0.25, -0.2) is 0 Å². The van der Waals surface area contributed by atoms with E-state index in [9.17, 15) is 4.79 Å². The Morgan fingerprint density at radius 1 is 0.846 bits per heavy atom. The second kappa shape index (κ2) is 8.48. The first kappa shape index (κ1) is 17.9. The zero-order valence-electron chi connectivity index (χ0n) is 15.4. The van der Waals surface area contributed by atoms with Gasteiger partial charge in [-0.05, 0) is 42.5 Å². The first-order valence-electron chi connectivity index (χ1n) is 9.09. The molecule has 3 aromatic carbocycles. The third-order valence-electron chi connectivity index (χ3n) is 4.70. The van der Waals surface area contributed by atoms with E-state index < -0.39 is 0 Å². The van der Waals surface area contributed by atoms with E-state index in [2.05, 4.69) is 67.7 Å². The SMILES string of the molecule is Cc1ccc(CCC(=O)NC(c2ccccc2)c2ccccc2C)cc1. The summed E-state index contributed by atoms with van der Waals surface area (Å²) in [5.74, 6) is 0.0719. The van der Waals surface area contributed by atoms with Crippen molar-refractivity contribution >= 4 is 5.91 Å². The third-order valence-corrected chi connectivity index (χ3v) is 4.70. The lowest BCUT2D eigenvalue weighted by atomic mass is 9.94. The van der Waals surface area contributed by atoms with Crippen molar-refractivity contribution in [2.45, 2.75) is 32.7 Å². The minimum Gasteiger partial charge on any atom is -0.345 e. The fraction of sp³-hybridized carbons (Fsp3) is 0.208. The van der Waals surface area contributed by atoms with Crippen LogP contribution in [0.4, 0.5) is 0 Å². The van der Waals surface area contributed by atoms with Crippen molar-refractivity contribution in [2.75, 3.05) is 0 Å². The van der Waals surface area contributed by atoms with Crippen molar-refractivity contribution in [3.8, 4) is 0 Å². The van der Waals surface area contributed by atoms with Gasteiger partial charge >= 0.3 is 0 Å². The van der Waals surface area contributed by atoms with Crippen LogP contribution in [0, 0.1) is 13.8 Å². The number of carbonyl (C=O) groups excluding carboxylic acids is 1. The van der Waals surface area contributed by atoms with Gasteiger partial charge in [-0.1, -0.05) is 84.4 Å². The minimum absolute atomic E-state index is 0.0719. The van der Waals surface area contributed by atoms with Crippen LogP contribution in [-0.4, -0.2) is 5.91 Å². The fourth-order valence-corrected chi connectivity index (χ4v) is 3.14. The molecule has 1 N–H and O–H groups in total. The monoisotopic (exact) mass is 343 g/mol. The fourth-order valence-electron chi connectivity index (χ4n) is 3.14. The van der Waals surface area contributed by atoms with Gasteiger partial charge in [0.25, 0.3) is 0 Å². The molecule has 0 aliphatic carbocycles. The summed E-state index contributed by atoms with van der Waals surface area (Å²) in [5.41, 5.74) is 5.85. The number of rotatable bonds is 6. The molecular weight excluding hydrogens is 318 g/mol. The van der Waals surface area contributed by atoms with Crippen molar-refractivity contribution in [2.24, 2.45) is 0 Å². The second-order valence-electron chi connectivity index (χ2n) is 6.75. The highest BCUT2D eigenvalue weighted by Gasteiger charge is 2.18. The Bertz CT molecular complexity index is 853. The summed E-state index contributed by atoms with van der Waals surface area (Å²) in [5, 5.41) is 3.23. The number of aryl methyl sites for hydroxylation is 3. The van der Waals surface area contributed by atoms with Gasteiger partial charge in [0.15, 0.2) is 0 Å². The van der Waals surface area contributed by atoms with Crippen LogP contribution in [0.3, 0.4) is 0 Å². The molecular formula is C24H25NO. The molecule has 0 aliphatic heterocycles. The Hall–Kier alpha value is -2.87. The molecule has 0 spiro atoms. The summed E-state index contributed by atoms with van der Waals surface area (Å²) < 4.78 is 0. The maximum atomic E-state index is 12.6. The largest absolute Gasteiger partial charge is 0.345 e. The van der Waals surface area contributed by atoms with Crippen LogP contribution in [0.15, 0.2) is 78.9 Å². The zero-order chi connectivity index (χ0) is 18.4. The van der Waals surface area contributed by atoms with Gasteiger partial charge in [-0.3, -0.25) is 4.79 Å². The molecule has 1 amide bonds. The highest BCUT2D eigenvalue weighted by atomic mass is 16.1. The van der Waals surface area contributed by atoms with Gasteiger partial charge in [0, 0.05) is 6.42 Å². The molecule has 0 saturated heterocycles. The van der Waals surface area contributed by atoms with Gasteiger partial charge < -0.3 is 5.32 Å². The van der Waals surface area contributed by atoms with Crippen molar-refractivity contribution in [3.05, 3.63) is 107 Å². The minimum atomic E-state index is -0.122. The normalized spacial score (nSPS) is 11.8. The lowest BCUT2D eigenvalue weighted by molar-refractivity contribution is -0.121. The Morgan fingerprint density at radius 2 is 1.50 bits per heavy atom. The highest BCUT2D eigenvalue weighted by molar-refractivity contribution is 5.77. The van der Waals surface area contributed by atoms with Gasteiger partial charge in [-0.2, -0.15) is 0 Å². The summed E-state index contributed by atoms with van der Waals surface area (Å²) in [6.07, 6.45) is 1.24. The molecule has 2 heteroatoms. The smallest absolute Gasteiger partial charge is 0.221 e. The van der Waals surface area contributed by atoms with Crippen LogP contribution in [-0.2, 0) is 11.2 Å². The lowest BCUT2D eigenvalue weighted by Gasteiger charge is -2.21. The molecule has 0 fully saturated rings. The molecule has 1 unspecified atom stereocenters. The van der Waals surface area contributed by atoms with Crippen molar-refractivity contribution < 1.29 is 4.79 Å². The summed E-state index contributed by atoms with van der Waals surface area (Å²) in [7, 11) is 0. The predicted octanol–water partition coefficient (Wildman–Crippen LogP) is 5.14. The molecule has 0 radical (unpaired) electrons. The average Bonchev–Trinajstić information content (AvgIpc) is 2.67. The topological polar surface area (TPSA) is 29.1 Å². The summed E-state index contributed by atoms with van der Waals surface area (Å²) in [4.78, 5) is 12.6. The van der Waals surface area contributed by atoms with Crippen LogP contribution in [0.2, 0.25) is 0 Å². The van der Waals surface area contributed by atoms with Gasteiger partial charge in [0.05, 0.1) is 6.04 Å². The predicted molar refractivity (Wildman–Crippen MR) is 107 cm³/mol. The van der Waals surface area contributed by atoms with E-state index in [1.165, 1.54) is 16.7 Å². The average molecular weight is 343 g/mol. The van der Waals surface area contributed by atoms with Crippen molar-refractivity contribution in [1.82, 2.24) is 5.32 Å². The highest BCUT2D eigenvalue weighted by Crippen LogP contribution is 2.25. The van der Waals surface area contributed by atoms with E-state index in [-0.39, 0.29) is 11.9 Å². The number of amides is 1. The molecule has 0 aromatic heterocycles. The molecule has 3 aromatic rings. The van der Waals surface area contributed by atoms with Gasteiger partial charge in [0.2, 0.25) is 5.91 Å². The lowest BCUT2D eigenvalue weighted by Crippen LogP contribution is -2.30. The molecule has 0 heterocycles. The van der Waals surface area contributed by atoms with E-state index in [1.54, 1.807) is 0 Å². The van der Waals surface area contributed by atoms with Crippen LogP contribution >= 0.6 is 0 Å². The van der Waals surface area contributed by atoms with Crippen molar-refractivity contribution in [3.63, 3.8) is 0 Å². The molecule has 132 valence electrons. The van der Waals surface area contributed by atoms with Crippen LogP contribution < -0.4 is 5.32 Å². The van der Waals surface area contributed by atoms with Crippen LogP contribution in [0.25, 0.3) is 0 Å². The first-order chi connectivity index (χ1) is 12.6. The number of benzene rings is 3. The standard InChI is InChI=1S/C24H25NO/c1-18-12-14-20(15-13-18)16-17-23(26)25-24(21-9-4-3-5-10-21)22-11-7-6-8-19(22)2/h3-15,24H,16-17H2,1-2H3,(H,25,26). The van der Waals surface area contributed by atoms with Gasteiger partial charge in [0.1, 0.15) is 0 Å². The third kappa shape index (κ3) is 4.60. The number of hydrogen-bond donors (Lipinski definition) is 1. The maximum Gasteiger partial charge on any atom is 0.221 e. The van der Waals surface area contributed by atoms with Gasteiger partial charge in [-0.15, -0.1) is 0 Å². The molecule has 0 bridgehead atoms. The van der Waals surface area contributed by atoms with Crippen molar-refractivity contribution in [1.29, 1.82) is 0 Å². The number of nitrogens with one attached hydrogen (secondary N) is 1. The van der Waals surface area contributed by atoms with E-state index in [1.807, 2.05) is 30.3 Å². The summed E-state index contributed by atoms with van der Waals surface area (Å²) in [6.45, 7) is 4.16. The summed E-state index contributed by atoms with van der Waals surface area (Å²) >= 11 is 0. The molecule has 0 saturated carbocycles. The maximum absolute atomic E-state index is 12.6. The quantitative estimate of drug-likeness (QED) is 0.659. The summed E-state index contributed by atoms with van der Waals surface area (Å²) in [6, 6.07) is 26.6. The number of hydrogen-bond acceptors (Lipinski definition) is 1. The first-order valence-corrected chi connectivity index (χ1v) is 9.09. The van der Waals surface area contributed by atoms with Crippen LogP contribution in [0.5, 0.6) is 0 Å². The molecule has 1 atom stereocenters. The Balaban J connectivity index is 1.74. The van der Waals surface area contributed by atoms with E-state index in [0.29, 0.717) is 6.42 Å². The molecule has 2 nitrogen and oxygen atoms in total. The van der Waals surface area contributed by atoms with E-state index in [0.717, 1.165) is 17.5 Å². The zero-order valence-corrected chi connectivity index (χ0v) is 15.4. The Kier molecular flexibility index (Phi) is 5.85.